The van der Waals surface area contributed by atoms with Crippen molar-refractivity contribution in [3.63, 3.8) is 0 Å². The van der Waals surface area contributed by atoms with Crippen LogP contribution in [0, 0.1) is 0 Å². The first-order valence-corrected chi connectivity index (χ1v) is 15.0. The summed E-state index contributed by atoms with van der Waals surface area (Å²) in [6, 6.07) is 21.3. The lowest BCUT2D eigenvalue weighted by atomic mass is 9.94. The van der Waals surface area contributed by atoms with Crippen LogP contribution >= 0.6 is 11.6 Å². The van der Waals surface area contributed by atoms with Gasteiger partial charge in [0.05, 0.1) is 23.5 Å². The Morgan fingerprint density at radius 3 is 2.48 bits per heavy atom. The molecule has 40 heavy (non-hydrogen) atoms. The number of carbonyl (C=O) groups excluding carboxylic acids is 1. The Balaban J connectivity index is 1.71. The number of rotatable bonds is 10. The number of sulfonamides is 1. The summed E-state index contributed by atoms with van der Waals surface area (Å²) in [5.41, 5.74) is 8.34. The first-order valence-electron chi connectivity index (χ1n) is 12.7. The molecule has 2 atom stereocenters. The molecule has 0 spiro atoms. The zero-order valence-corrected chi connectivity index (χ0v) is 24.3. The van der Waals surface area contributed by atoms with E-state index >= 15 is 0 Å². The number of anilines is 1. The molecule has 0 radical (unpaired) electrons. The number of nitrogens with one attached hydrogen (secondary N) is 1. The molecule has 1 amide bonds. The molecule has 3 N–H and O–H groups in total. The van der Waals surface area contributed by atoms with E-state index in [1.165, 1.54) is 10.4 Å². The van der Waals surface area contributed by atoms with E-state index in [2.05, 4.69) is 15.5 Å². The van der Waals surface area contributed by atoms with E-state index in [-0.39, 0.29) is 29.9 Å². The van der Waals surface area contributed by atoms with Crippen LogP contribution in [0.25, 0.3) is 11.5 Å². The van der Waals surface area contributed by atoms with Gasteiger partial charge in [0.2, 0.25) is 21.8 Å². The van der Waals surface area contributed by atoms with Gasteiger partial charge in [0, 0.05) is 22.7 Å². The number of hydrogen-bond donors (Lipinski definition) is 2. The summed E-state index contributed by atoms with van der Waals surface area (Å²) in [6.45, 7) is 5.51. The molecule has 0 aliphatic heterocycles. The number of carbonyl (C=O) groups is 1. The number of aromatic nitrogens is 2. The zero-order valence-electron chi connectivity index (χ0n) is 22.8. The maximum Gasteiger partial charge on any atom is 0.251 e. The van der Waals surface area contributed by atoms with Crippen LogP contribution in [-0.2, 0) is 22.0 Å². The van der Waals surface area contributed by atoms with E-state index in [1.807, 2.05) is 43.3 Å². The van der Waals surface area contributed by atoms with E-state index < -0.39 is 21.5 Å². The topological polar surface area (TPSA) is 131 Å². The summed E-state index contributed by atoms with van der Waals surface area (Å²) in [6.07, 6.45) is 1.57. The van der Waals surface area contributed by atoms with Crippen molar-refractivity contribution in [1.29, 1.82) is 0 Å². The summed E-state index contributed by atoms with van der Waals surface area (Å²) in [5, 5.41) is 11.9. The van der Waals surface area contributed by atoms with Gasteiger partial charge in [-0.3, -0.25) is 9.10 Å². The SMILES string of the molecule is CCN(c1cc(C(=O)N[C@H](C)c2cccc(Cl)c2)cc(-c2nnc([C@](C)(N)Cc3ccccc3)o2)c1)S(C)(=O)=O. The van der Waals surface area contributed by atoms with Gasteiger partial charge in [-0.15, -0.1) is 10.2 Å². The lowest BCUT2D eigenvalue weighted by Gasteiger charge is -2.22. The van der Waals surface area contributed by atoms with Gasteiger partial charge in [-0.2, -0.15) is 0 Å². The summed E-state index contributed by atoms with van der Waals surface area (Å²) in [4.78, 5) is 13.4. The van der Waals surface area contributed by atoms with Crippen LogP contribution in [0.1, 0.15) is 54.2 Å². The third-order valence-corrected chi connectivity index (χ3v) is 7.93. The lowest BCUT2D eigenvalue weighted by molar-refractivity contribution is 0.0940. The fourth-order valence-corrected chi connectivity index (χ4v) is 5.58. The van der Waals surface area contributed by atoms with Crippen molar-refractivity contribution >= 4 is 33.2 Å². The van der Waals surface area contributed by atoms with Gasteiger partial charge < -0.3 is 15.5 Å². The molecule has 11 heteroatoms. The predicted molar refractivity (Wildman–Crippen MR) is 157 cm³/mol. The van der Waals surface area contributed by atoms with Crippen LogP contribution < -0.4 is 15.4 Å². The van der Waals surface area contributed by atoms with E-state index in [0.717, 1.165) is 17.4 Å². The van der Waals surface area contributed by atoms with Crippen LogP contribution in [0.4, 0.5) is 5.69 Å². The van der Waals surface area contributed by atoms with Crippen LogP contribution in [0.3, 0.4) is 0 Å². The Labute approximate surface area is 239 Å². The molecule has 0 fully saturated rings. The van der Waals surface area contributed by atoms with Crippen molar-refractivity contribution < 1.29 is 17.6 Å². The monoisotopic (exact) mass is 581 g/mol. The Morgan fingerprint density at radius 2 is 1.82 bits per heavy atom. The van der Waals surface area contributed by atoms with Crippen LogP contribution in [-0.4, -0.2) is 37.3 Å². The summed E-state index contributed by atoms with van der Waals surface area (Å²) in [5.74, 6) is -0.0801. The lowest BCUT2D eigenvalue weighted by Crippen LogP contribution is -2.35. The van der Waals surface area contributed by atoms with Gasteiger partial charge in [0.15, 0.2) is 0 Å². The highest BCUT2D eigenvalue weighted by atomic mass is 35.5. The molecule has 0 aliphatic carbocycles. The van der Waals surface area contributed by atoms with Crippen molar-refractivity contribution in [3.8, 4) is 11.5 Å². The summed E-state index contributed by atoms with van der Waals surface area (Å²) < 4.78 is 32.3. The highest BCUT2D eigenvalue weighted by molar-refractivity contribution is 7.92. The average molecular weight is 582 g/mol. The molecule has 1 aromatic heterocycles. The Kier molecular flexibility index (Phi) is 8.62. The average Bonchev–Trinajstić information content (AvgIpc) is 3.40. The standard InChI is InChI=1S/C29H32ClN5O4S/c1-5-35(40(4,37)38)25-16-22(26(36)32-19(2)21-12-9-13-24(30)15-21)14-23(17-25)27-33-34-28(39-27)29(3,31)18-20-10-7-6-8-11-20/h6-17,19H,5,18,31H2,1-4H3,(H,32,36)/t19-,29-/m1/s1. The molecule has 0 saturated carbocycles. The number of hydrogen-bond acceptors (Lipinski definition) is 7. The Bertz CT molecular complexity index is 1610. The predicted octanol–water partition coefficient (Wildman–Crippen LogP) is 5.08. The second-order valence-electron chi connectivity index (χ2n) is 9.94. The van der Waals surface area contributed by atoms with E-state index in [4.69, 9.17) is 21.8 Å². The van der Waals surface area contributed by atoms with Crippen LogP contribution in [0.2, 0.25) is 5.02 Å². The number of halogens is 1. The molecule has 3 aromatic carbocycles. The molecule has 9 nitrogen and oxygen atoms in total. The van der Waals surface area contributed by atoms with Crippen molar-refractivity contribution in [2.45, 2.75) is 38.8 Å². The first-order chi connectivity index (χ1) is 18.9. The third kappa shape index (κ3) is 6.88. The summed E-state index contributed by atoms with van der Waals surface area (Å²) >= 11 is 6.12. The first kappa shape index (κ1) is 29.3. The minimum Gasteiger partial charge on any atom is -0.419 e. The normalized spacial score (nSPS) is 13.8. The highest BCUT2D eigenvalue weighted by Crippen LogP contribution is 2.30. The second kappa shape index (κ2) is 11.8. The third-order valence-electron chi connectivity index (χ3n) is 6.43. The van der Waals surface area contributed by atoms with Gasteiger partial charge in [0.25, 0.3) is 5.91 Å². The number of nitrogens with zero attached hydrogens (tertiary/aromatic N) is 3. The fourth-order valence-electron chi connectivity index (χ4n) is 4.42. The maximum absolute atomic E-state index is 13.4. The van der Waals surface area contributed by atoms with Crippen molar-refractivity contribution in [2.75, 3.05) is 17.1 Å². The van der Waals surface area contributed by atoms with Gasteiger partial charge >= 0.3 is 0 Å². The number of amides is 1. The molecule has 0 aliphatic rings. The molecule has 1 heterocycles. The molecule has 4 rings (SSSR count). The quantitative estimate of drug-likeness (QED) is 0.267. The molecule has 0 unspecified atom stereocenters. The van der Waals surface area contributed by atoms with E-state index in [9.17, 15) is 13.2 Å². The van der Waals surface area contributed by atoms with Gasteiger partial charge in [0.1, 0.15) is 0 Å². The second-order valence-corrected chi connectivity index (χ2v) is 12.3. The Hall–Kier alpha value is -3.73. The fraction of sp³-hybridized carbons (Fsp3) is 0.276. The van der Waals surface area contributed by atoms with Crippen molar-refractivity contribution in [3.05, 3.63) is 100 Å². The molecule has 4 aromatic rings. The molecule has 210 valence electrons. The van der Waals surface area contributed by atoms with E-state index in [1.54, 1.807) is 44.2 Å². The van der Waals surface area contributed by atoms with Gasteiger partial charge in [-0.25, -0.2) is 8.42 Å². The minimum atomic E-state index is -3.63. The van der Waals surface area contributed by atoms with Crippen LogP contribution in [0.15, 0.2) is 77.2 Å². The van der Waals surface area contributed by atoms with Gasteiger partial charge in [-0.1, -0.05) is 54.1 Å². The molecular formula is C29H32ClN5O4S. The highest BCUT2D eigenvalue weighted by Gasteiger charge is 2.29. The zero-order chi connectivity index (χ0) is 29.1. The van der Waals surface area contributed by atoms with Crippen molar-refractivity contribution in [1.82, 2.24) is 15.5 Å². The summed E-state index contributed by atoms with van der Waals surface area (Å²) in [7, 11) is -3.63. The minimum absolute atomic E-state index is 0.114. The number of nitrogens with two attached hydrogens (primary N) is 1. The largest absolute Gasteiger partial charge is 0.419 e. The van der Waals surface area contributed by atoms with Crippen LogP contribution in [0.5, 0.6) is 0 Å². The molecular weight excluding hydrogens is 550 g/mol. The van der Waals surface area contributed by atoms with E-state index in [0.29, 0.717) is 22.7 Å². The maximum atomic E-state index is 13.4. The molecule has 0 bridgehead atoms. The Morgan fingerprint density at radius 1 is 1.10 bits per heavy atom. The van der Waals surface area contributed by atoms with Crippen molar-refractivity contribution in [2.24, 2.45) is 5.73 Å². The number of benzene rings is 3. The van der Waals surface area contributed by atoms with Gasteiger partial charge in [-0.05, 0) is 68.7 Å². The smallest absolute Gasteiger partial charge is 0.251 e. The molecule has 0 saturated heterocycles.